The molecule has 13 rings (SSSR count). The number of carboxylic acid groups (broad SMARTS) is 1. The van der Waals surface area contributed by atoms with E-state index in [-0.39, 0.29) is 57.8 Å². The average molecular weight is 1470 g/mol. The number of nitrogens with zero attached hydrogens (tertiary/aromatic N) is 9. The molecule has 7 aromatic heterocycles. The molecular formula is C67H69N15O12S6. The van der Waals surface area contributed by atoms with Crippen LogP contribution in [0.4, 0.5) is 4.79 Å². The normalized spacial score (nSPS) is 21.9. The number of pyridine rings is 1. The zero-order valence-corrected chi connectivity index (χ0v) is 58.8. The number of phenolic OH excluding ortho intramolecular Hbond substituents is 1. The van der Waals surface area contributed by atoms with Crippen molar-refractivity contribution in [2.45, 2.75) is 101 Å². The largest absolute Gasteiger partial charge is 0.508 e. The van der Waals surface area contributed by atoms with Crippen molar-refractivity contribution in [3.05, 3.63) is 147 Å². The molecule has 6 amide bonds. The van der Waals surface area contributed by atoms with Gasteiger partial charge in [-0.2, -0.15) is 0 Å². The monoisotopic (exact) mass is 1470 g/mol. The van der Waals surface area contributed by atoms with Gasteiger partial charge in [0.2, 0.25) is 11.8 Å². The number of carbonyl (C=O) groups excluding carboxylic acids is 6. The van der Waals surface area contributed by atoms with Crippen LogP contribution in [-0.2, 0) is 36.8 Å². The Balaban J connectivity index is 0.882. The summed E-state index contributed by atoms with van der Waals surface area (Å²) in [6.07, 6.45) is -0.745. The van der Waals surface area contributed by atoms with Crippen LogP contribution < -0.4 is 32.3 Å². The maximum absolute atomic E-state index is 15.8. The molecule has 0 spiro atoms. The summed E-state index contributed by atoms with van der Waals surface area (Å²) in [4.78, 5) is 137. The summed E-state index contributed by atoms with van der Waals surface area (Å²) in [5, 5.41) is 58.1. The number of primary amides is 1. The van der Waals surface area contributed by atoms with Crippen LogP contribution in [0, 0.1) is 18.8 Å². The van der Waals surface area contributed by atoms with Gasteiger partial charge < -0.3 is 62.0 Å². The fourth-order valence-corrected chi connectivity index (χ4v) is 17.9. The van der Waals surface area contributed by atoms with Gasteiger partial charge in [-0.05, 0) is 68.0 Å². The molecule has 0 radical (unpaired) electrons. The number of morpholine rings is 1. The Labute approximate surface area is 596 Å². The smallest absolute Gasteiger partial charge is 0.407 e. The number of carbonyl (C=O) groups is 7. The van der Waals surface area contributed by atoms with Gasteiger partial charge in [-0.25, -0.2) is 39.7 Å². The maximum atomic E-state index is 15.8. The third-order valence-corrected chi connectivity index (χ3v) is 23.5. The van der Waals surface area contributed by atoms with E-state index in [1.54, 1.807) is 59.7 Å². The highest BCUT2D eigenvalue weighted by Crippen LogP contribution is 2.44. The van der Waals surface area contributed by atoms with E-state index in [1.807, 2.05) is 35.2 Å². The Hall–Kier alpha value is -8.90. The SMILES string of the molecule is Cc1sc2nc1C(=O)N[C@@H]([C@H](O)c1ccccc1)c1nc(cs1)C(=O)N[C@@H](Cc1ccc(O)cc1)C(=O)N1C[C@H](OC(=O)NCCN3CCOCC3)[C@H](C)[C@H]1c1nc(cs1)-c1nc(cs1)-c1nc(-c3nc(CNC4CCC(C(=O)O)CC4)cs3)ccc1-c1nc(cs1)C(=O)N[C@H]2CC(N)=O. The van der Waals surface area contributed by atoms with E-state index in [1.165, 1.54) is 62.9 Å². The van der Waals surface area contributed by atoms with Crippen molar-refractivity contribution in [1.29, 1.82) is 0 Å². The fourth-order valence-electron chi connectivity index (χ4n) is 12.6. The van der Waals surface area contributed by atoms with Gasteiger partial charge in [0.05, 0.1) is 55.6 Å². The number of nitrogens with one attached hydrogen (secondary N) is 5. The summed E-state index contributed by atoms with van der Waals surface area (Å²) in [5.41, 5.74) is 9.69. The molecule has 1 saturated carbocycles. The van der Waals surface area contributed by atoms with Gasteiger partial charge in [0, 0.05) is 88.4 Å². The molecule has 520 valence electrons. The molecule has 2 aromatic carbocycles. The van der Waals surface area contributed by atoms with Crippen molar-refractivity contribution in [2.24, 2.45) is 17.6 Å². The molecule has 3 aliphatic heterocycles. The Bertz CT molecular complexity index is 4470. The first-order chi connectivity index (χ1) is 48.4. The number of aliphatic hydroxyl groups excluding tert-OH is 1. The predicted molar refractivity (Wildman–Crippen MR) is 376 cm³/mol. The van der Waals surface area contributed by atoms with E-state index in [0.717, 1.165) is 54.3 Å². The zero-order chi connectivity index (χ0) is 69.7. The number of rotatable bonds is 15. The summed E-state index contributed by atoms with van der Waals surface area (Å²) in [7, 11) is 0. The minimum Gasteiger partial charge on any atom is -0.508 e. The van der Waals surface area contributed by atoms with Crippen molar-refractivity contribution in [2.75, 3.05) is 45.9 Å². The van der Waals surface area contributed by atoms with Gasteiger partial charge in [0.25, 0.3) is 17.7 Å². The molecule has 100 heavy (non-hydrogen) atoms. The highest BCUT2D eigenvalue weighted by molar-refractivity contribution is 7.15. The first-order valence-electron chi connectivity index (χ1n) is 32.4. The maximum Gasteiger partial charge on any atom is 0.407 e. The number of hydrogen-bond donors (Lipinski definition) is 9. The second-order valence-electron chi connectivity index (χ2n) is 24.7. The first-order valence-corrected chi connectivity index (χ1v) is 37.6. The summed E-state index contributed by atoms with van der Waals surface area (Å²) in [6, 6.07) is 14.0. The molecule has 4 aliphatic rings. The summed E-state index contributed by atoms with van der Waals surface area (Å²) in [6.45, 7) is 7.39. The van der Waals surface area contributed by atoms with Crippen molar-refractivity contribution in [3.63, 3.8) is 0 Å². The lowest BCUT2D eigenvalue weighted by Crippen LogP contribution is -2.50. The molecule has 10 bridgehead atoms. The van der Waals surface area contributed by atoms with E-state index in [4.69, 9.17) is 45.1 Å². The quantitative estimate of drug-likeness (QED) is 0.0468. The van der Waals surface area contributed by atoms with Crippen molar-refractivity contribution in [1.82, 2.24) is 71.3 Å². The number of hydrogen-bond acceptors (Lipinski definition) is 26. The second-order valence-corrected chi connectivity index (χ2v) is 30.3. The number of thiazole rings is 6. The lowest BCUT2D eigenvalue weighted by atomic mass is 9.86. The van der Waals surface area contributed by atoms with Crippen LogP contribution in [0.25, 0.3) is 43.4 Å². The molecular weight excluding hydrogens is 1400 g/mol. The summed E-state index contributed by atoms with van der Waals surface area (Å²) < 4.78 is 11.7. The minimum atomic E-state index is -1.43. The molecule has 33 heteroatoms. The van der Waals surface area contributed by atoms with Crippen molar-refractivity contribution in [3.8, 4) is 49.1 Å². The van der Waals surface area contributed by atoms with E-state index >= 15 is 4.79 Å². The third-order valence-electron chi connectivity index (χ3n) is 17.9. The van der Waals surface area contributed by atoms with E-state index < -0.39 is 90.3 Å². The van der Waals surface area contributed by atoms with E-state index in [0.29, 0.717) is 110 Å². The van der Waals surface area contributed by atoms with Crippen LogP contribution in [0.1, 0.15) is 131 Å². The number of carboxylic acids is 1. The highest BCUT2D eigenvalue weighted by atomic mass is 32.1. The summed E-state index contributed by atoms with van der Waals surface area (Å²) in [5.74, 6) is -5.19. The van der Waals surface area contributed by atoms with Gasteiger partial charge in [-0.15, -0.1) is 68.0 Å². The lowest BCUT2D eigenvalue weighted by Gasteiger charge is -2.29. The number of phenols is 1. The predicted octanol–water partition coefficient (Wildman–Crippen LogP) is 8.09. The Kier molecular flexibility index (Phi) is 21.5. The first kappa shape index (κ1) is 69.6. The van der Waals surface area contributed by atoms with E-state index in [2.05, 4.69) is 36.5 Å². The number of fused-ring (bicyclic) bond motifs is 16. The molecule has 2 saturated heterocycles. The molecule has 27 nitrogen and oxygen atoms in total. The van der Waals surface area contributed by atoms with Crippen LogP contribution in [0.15, 0.2) is 93.6 Å². The molecule has 7 atom stereocenters. The number of aliphatic carboxylic acids is 1. The topological polar surface area (TPSA) is 382 Å². The Morgan fingerprint density at radius 3 is 2.14 bits per heavy atom. The van der Waals surface area contributed by atoms with Crippen LogP contribution in [0.2, 0.25) is 0 Å². The number of aryl methyl sites for hydroxylation is 1. The molecule has 1 aliphatic carbocycles. The van der Waals surface area contributed by atoms with Crippen molar-refractivity contribution >= 4 is 110 Å². The fraction of sp³-hybridized carbons (Fsp3) is 0.373. The second kappa shape index (κ2) is 30.9. The molecule has 0 unspecified atom stereocenters. The van der Waals surface area contributed by atoms with Crippen molar-refractivity contribution < 1.29 is 58.4 Å². The van der Waals surface area contributed by atoms with Crippen LogP contribution in [0.3, 0.4) is 0 Å². The molecule has 9 aromatic rings. The van der Waals surface area contributed by atoms with Gasteiger partial charge in [0.15, 0.2) is 0 Å². The van der Waals surface area contributed by atoms with Crippen LogP contribution in [0.5, 0.6) is 5.75 Å². The Morgan fingerprint density at radius 2 is 1.38 bits per heavy atom. The average Bonchev–Trinajstić information content (AvgIpc) is 1.61. The molecule has 10 N–H and O–H groups in total. The standard InChI is InChI=1S/C67H69N15O12S6/c1-33-49(94-67(92)69-18-19-81-20-22-93-23-21-81)27-82-54(33)64-78-48(32-99-64)61-75-45(29-97-61)52-41(16-17-42(72-52)60-71-39(28-95-60)26-70-38-12-10-37(11-13-38)66(90)91)59-76-46(30-96-59)56(86)73-43(25-50(68)84)62-80-51(34(2)100-62)58(88)79-53(55(85)36-6-4-3-5-7-36)63-77-47(31-98-63)57(87)74-44(65(82)89)24-35-8-14-40(83)15-9-35/h3-9,14-17,28-33,37-38,43-44,49,53-55,70,83,85H,10-13,18-27H2,1-2H3,(H2,68,84)(H,69,92)(H,73,86)(H,74,87)(H,79,88)(H,90,91)/t33-,37?,38?,43-,44-,49-,53-,54-,55+/m0/s1. The molecule has 3 fully saturated rings. The third kappa shape index (κ3) is 16.0. The van der Waals surface area contributed by atoms with Gasteiger partial charge in [-0.1, -0.05) is 49.4 Å². The number of aliphatic hydroxyl groups is 1. The molecule has 10 heterocycles. The number of ether oxygens (including phenoxy) is 2. The summed E-state index contributed by atoms with van der Waals surface area (Å²) >= 11 is 7.20. The lowest BCUT2D eigenvalue weighted by molar-refractivity contribution is -0.143. The number of aromatic hydroxyl groups is 1. The minimum absolute atomic E-state index is 0.00573. The number of aromatic nitrogens is 7. The number of nitrogens with two attached hydrogens (primary N) is 1. The highest BCUT2D eigenvalue weighted by Gasteiger charge is 2.48. The number of alkyl carbamates (subject to hydrolysis) is 1. The number of benzene rings is 2. The van der Waals surface area contributed by atoms with Gasteiger partial charge in [0.1, 0.15) is 94.3 Å². The number of amides is 6. The Morgan fingerprint density at radius 1 is 0.710 bits per heavy atom. The van der Waals surface area contributed by atoms with Crippen LogP contribution in [-0.4, -0.2) is 166 Å². The van der Waals surface area contributed by atoms with Gasteiger partial charge in [-0.3, -0.25) is 33.7 Å². The van der Waals surface area contributed by atoms with E-state index in [9.17, 15) is 44.1 Å². The van der Waals surface area contributed by atoms with Crippen LogP contribution >= 0.6 is 68.0 Å². The van der Waals surface area contributed by atoms with Gasteiger partial charge >= 0.3 is 12.1 Å². The zero-order valence-electron chi connectivity index (χ0n) is 53.9.